The highest BCUT2D eigenvalue weighted by Crippen LogP contribution is 2.14. The van der Waals surface area contributed by atoms with E-state index >= 15 is 0 Å². The Morgan fingerprint density at radius 1 is 1.24 bits per heavy atom. The highest BCUT2D eigenvalue weighted by atomic mass is 16.5. The maximum absolute atomic E-state index is 11.8. The molecule has 6 nitrogen and oxygen atoms in total. The van der Waals surface area contributed by atoms with E-state index in [1.54, 1.807) is 13.3 Å². The Balaban J connectivity index is 2.05. The molecule has 0 unspecified atom stereocenters. The molecule has 0 atom stereocenters. The molecule has 2 heterocycles. The standard InChI is InChI=1S/C15H14N4O2/c1-21-11-4-2-10(3-5-11)9-19-7-6-13(20)12-8-17-15(16)18-14(12)19/h2-8H,9H2,1H3,(H2,16,17,18). The van der Waals surface area contributed by atoms with Gasteiger partial charge in [0.1, 0.15) is 11.4 Å². The van der Waals surface area contributed by atoms with Crippen molar-refractivity contribution < 1.29 is 4.74 Å². The van der Waals surface area contributed by atoms with Crippen LogP contribution in [0, 0.1) is 0 Å². The Bertz CT molecular complexity index is 840. The van der Waals surface area contributed by atoms with Gasteiger partial charge in [0.05, 0.1) is 12.5 Å². The van der Waals surface area contributed by atoms with Gasteiger partial charge in [0.25, 0.3) is 0 Å². The first-order valence-corrected chi connectivity index (χ1v) is 6.42. The molecule has 3 rings (SSSR count). The summed E-state index contributed by atoms with van der Waals surface area (Å²) in [5.74, 6) is 0.951. The minimum Gasteiger partial charge on any atom is -0.497 e. The highest BCUT2D eigenvalue weighted by Gasteiger charge is 2.06. The second-order valence-electron chi connectivity index (χ2n) is 4.62. The van der Waals surface area contributed by atoms with E-state index in [-0.39, 0.29) is 11.4 Å². The number of nitrogen functional groups attached to an aromatic ring is 1. The summed E-state index contributed by atoms with van der Waals surface area (Å²) in [4.78, 5) is 19.9. The molecule has 21 heavy (non-hydrogen) atoms. The zero-order chi connectivity index (χ0) is 14.8. The normalized spacial score (nSPS) is 10.7. The van der Waals surface area contributed by atoms with Gasteiger partial charge in [-0.05, 0) is 17.7 Å². The third kappa shape index (κ3) is 2.55. The van der Waals surface area contributed by atoms with Gasteiger partial charge in [-0.25, -0.2) is 4.98 Å². The van der Waals surface area contributed by atoms with Gasteiger partial charge in [-0.1, -0.05) is 12.1 Å². The van der Waals surface area contributed by atoms with E-state index in [0.29, 0.717) is 17.6 Å². The number of benzene rings is 1. The first kappa shape index (κ1) is 13.1. The van der Waals surface area contributed by atoms with Crippen LogP contribution in [-0.2, 0) is 6.54 Å². The summed E-state index contributed by atoms with van der Waals surface area (Å²) < 4.78 is 7.01. The van der Waals surface area contributed by atoms with Crippen LogP contribution < -0.4 is 15.9 Å². The topological polar surface area (TPSA) is 83.0 Å². The Labute approximate surface area is 120 Å². The molecule has 3 aromatic rings. The number of pyridine rings is 1. The maximum atomic E-state index is 11.8. The van der Waals surface area contributed by atoms with Crippen molar-refractivity contribution >= 4 is 17.0 Å². The van der Waals surface area contributed by atoms with Crippen LogP contribution in [0.5, 0.6) is 5.75 Å². The largest absolute Gasteiger partial charge is 0.497 e. The van der Waals surface area contributed by atoms with Crippen molar-refractivity contribution in [1.82, 2.24) is 14.5 Å². The fourth-order valence-corrected chi connectivity index (χ4v) is 2.15. The van der Waals surface area contributed by atoms with Crippen LogP contribution >= 0.6 is 0 Å². The molecule has 0 aliphatic rings. The molecule has 0 fully saturated rings. The van der Waals surface area contributed by atoms with E-state index in [0.717, 1.165) is 11.3 Å². The molecular weight excluding hydrogens is 268 g/mol. The first-order valence-electron chi connectivity index (χ1n) is 6.42. The molecule has 0 aliphatic carbocycles. The predicted octanol–water partition coefficient (Wildman–Crippen LogP) is 1.43. The van der Waals surface area contributed by atoms with Crippen molar-refractivity contribution in [3.05, 3.63) is 58.5 Å². The number of hydrogen-bond donors (Lipinski definition) is 1. The third-order valence-electron chi connectivity index (χ3n) is 3.24. The second-order valence-corrected chi connectivity index (χ2v) is 4.62. The van der Waals surface area contributed by atoms with Crippen molar-refractivity contribution in [2.45, 2.75) is 6.54 Å². The van der Waals surface area contributed by atoms with E-state index in [1.807, 2.05) is 28.8 Å². The molecule has 0 aliphatic heterocycles. The van der Waals surface area contributed by atoms with Crippen LogP contribution in [0.3, 0.4) is 0 Å². The smallest absolute Gasteiger partial charge is 0.221 e. The average Bonchev–Trinajstić information content (AvgIpc) is 2.51. The zero-order valence-electron chi connectivity index (χ0n) is 11.5. The number of methoxy groups -OCH3 is 1. The Hall–Kier alpha value is -2.89. The molecule has 1 aromatic carbocycles. The molecular formula is C15H14N4O2. The molecule has 0 radical (unpaired) electrons. The van der Waals surface area contributed by atoms with Crippen LogP contribution in [0.4, 0.5) is 5.95 Å². The lowest BCUT2D eigenvalue weighted by Gasteiger charge is -2.10. The van der Waals surface area contributed by atoms with Gasteiger partial charge in [0, 0.05) is 25.0 Å². The molecule has 0 amide bonds. The van der Waals surface area contributed by atoms with E-state index in [2.05, 4.69) is 9.97 Å². The summed E-state index contributed by atoms with van der Waals surface area (Å²) in [6.07, 6.45) is 3.17. The predicted molar refractivity (Wildman–Crippen MR) is 80.3 cm³/mol. The third-order valence-corrected chi connectivity index (χ3v) is 3.24. The van der Waals surface area contributed by atoms with E-state index in [9.17, 15) is 4.79 Å². The van der Waals surface area contributed by atoms with Crippen molar-refractivity contribution in [1.29, 1.82) is 0 Å². The number of ether oxygens (including phenoxy) is 1. The van der Waals surface area contributed by atoms with Gasteiger partial charge in [-0.15, -0.1) is 0 Å². The second kappa shape index (κ2) is 5.24. The minimum atomic E-state index is -0.115. The molecule has 6 heteroatoms. The Morgan fingerprint density at radius 2 is 2.00 bits per heavy atom. The monoisotopic (exact) mass is 282 g/mol. The number of nitrogens with zero attached hydrogens (tertiary/aromatic N) is 3. The average molecular weight is 282 g/mol. The molecule has 0 saturated heterocycles. The van der Waals surface area contributed by atoms with Gasteiger partial charge >= 0.3 is 0 Å². The van der Waals surface area contributed by atoms with Crippen LogP contribution in [0.25, 0.3) is 11.0 Å². The molecule has 0 spiro atoms. The minimum absolute atomic E-state index is 0.115. The van der Waals surface area contributed by atoms with Gasteiger partial charge in [0.2, 0.25) is 5.95 Å². The molecule has 106 valence electrons. The van der Waals surface area contributed by atoms with Crippen molar-refractivity contribution in [2.75, 3.05) is 12.8 Å². The SMILES string of the molecule is COc1ccc(Cn2ccc(=O)c3cnc(N)nc32)cc1. The number of rotatable bonds is 3. The summed E-state index contributed by atoms with van der Waals surface area (Å²) in [7, 11) is 1.63. The fourth-order valence-electron chi connectivity index (χ4n) is 2.15. The van der Waals surface area contributed by atoms with Crippen LogP contribution in [0.1, 0.15) is 5.56 Å². The maximum Gasteiger partial charge on any atom is 0.221 e. The quantitative estimate of drug-likeness (QED) is 0.785. The summed E-state index contributed by atoms with van der Waals surface area (Å²) in [6.45, 7) is 0.581. The van der Waals surface area contributed by atoms with Gasteiger partial charge < -0.3 is 15.0 Å². The summed E-state index contributed by atoms with van der Waals surface area (Å²) in [5, 5.41) is 0.459. The number of anilines is 1. The zero-order valence-corrected chi connectivity index (χ0v) is 11.5. The lowest BCUT2D eigenvalue weighted by Crippen LogP contribution is -2.12. The number of fused-ring (bicyclic) bond motifs is 1. The van der Waals surface area contributed by atoms with Gasteiger partial charge in [-0.2, -0.15) is 4.98 Å². The van der Waals surface area contributed by atoms with E-state index in [1.165, 1.54) is 12.3 Å². The summed E-state index contributed by atoms with van der Waals surface area (Å²) in [5.41, 5.74) is 7.11. The first-order chi connectivity index (χ1) is 10.2. The van der Waals surface area contributed by atoms with E-state index in [4.69, 9.17) is 10.5 Å². The van der Waals surface area contributed by atoms with E-state index < -0.39 is 0 Å². The summed E-state index contributed by atoms with van der Waals surface area (Å²) in [6, 6.07) is 9.22. The van der Waals surface area contributed by atoms with Crippen LogP contribution in [-0.4, -0.2) is 21.6 Å². The van der Waals surface area contributed by atoms with Crippen molar-refractivity contribution in [2.24, 2.45) is 0 Å². The number of hydrogen-bond acceptors (Lipinski definition) is 5. The van der Waals surface area contributed by atoms with Crippen LogP contribution in [0.15, 0.2) is 47.5 Å². The summed E-state index contributed by atoms with van der Waals surface area (Å²) >= 11 is 0. The van der Waals surface area contributed by atoms with Crippen LogP contribution in [0.2, 0.25) is 0 Å². The highest BCUT2D eigenvalue weighted by molar-refractivity contribution is 5.74. The lowest BCUT2D eigenvalue weighted by atomic mass is 10.2. The Kier molecular flexibility index (Phi) is 3.27. The van der Waals surface area contributed by atoms with Gasteiger partial charge in [0.15, 0.2) is 5.43 Å². The fraction of sp³-hybridized carbons (Fsp3) is 0.133. The van der Waals surface area contributed by atoms with Crippen molar-refractivity contribution in [3.8, 4) is 5.75 Å². The number of nitrogens with two attached hydrogens (primary N) is 1. The molecule has 0 saturated carbocycles. The Morgan fingerprint density at radius 3 is 2.71 bits per heavy atom. The van der Waals surface area contributed by atoms with Gasteiger partial charge in [-0.3, -0.25) is 4.79 Å². The lowest BCUT2D eigenvalue weighted by molar-refractivity contribution is 0.414. The number of aromatic nitrogens is 3. The molecule has 2 N–H and O–H groups in total. The van der Waals surface area contributed by atoms with Crippen molar-refractivity contribution in [3.63, 3.8) is 0 Å². The molecule has 0 bridgehead atoms. The molecule has 2 aromatic heterocycles.